The van der Waals surface area contributed by atoms with Gasteiger partial charge < -0.3 is 9.84 Å². The molecule has 1 aromatic carbocycles. The van der Waals surface area contributed by atoms with Crippen molar-refractivity contribution < 1.29 is 14.6 Å². The summed E-state index contributed by atoms with van der Waals surface area (Å²) in [6.45, 7) is 5.68. The molecule has 0 aliphatic carbocycles. The van der Waals surface area contributed by atoms with Gasteiger partial charge in [0.15, 0.2) is 0 Å². The number of carbonyl (C=O) groups is 1. The Labute approximate surface area is 116 Å². The maximum atomic E-state index is 10.0. The van der Waals surface area contributed by atoms with Crippen molar-refractivity contribution in [2.45, 2.75) is 20.8 Å². The van der Waals surface area contributed by atoms with Crippen LogP contribution in [-0.2, 0) is 4.79 Å². The Morgan fingerprint density at radius 2 is 2.00 bits per heavy atom. The molecule has 0 bridgehead atoms. The van der Waals surface area contributed by atoms with Crippen LogP contribution >= 0.6 is 15.9 Å². The molecule has 0 spiro atoms. The summed E-state index contributed by atoms with van der Waals surface area (Å²) in [5.41, 5.74) is 0.561. The molecule has 0 aromatic heterocycles. The lowest BCUT2D eigenvalue weighted by atomic mass is 9.98. The number of aliphatic carboxylic acids is 1. The lowest BCUT2D eigenvalue weighted by molar-refractivity contribution is -0.145. The van der Waals surface area contributed by atoms with Crippen molar-refractivity contribution in [2.24, 2.45) is 5.41 Å². The van der Waals surface area contributed by atoms with Gasteiger partial charge in [-0.25, -0.2) is 0 Å². The molecule has 0 saturated heterocycles. The number of hydrogen-bond donors (Lipinski definition) is 1. The molecule has 0 saturated carbocycles. The first-order chi connectivity index (χ1) is 8.30. The number of hydrogen-bond acceptors (Lipinski definition) is 2. The summed E-state index contributed by atoms with van der Waals surface area (Å²) in [6.07, 6.45) is 4.08. The van der Waals surface area contributed by atoms with E-state index < -0.39 is 11.4 Å². The number of ether oxygens (including phenoxy) is 1. The van der Waals surface area contributed by atoms with Crippen LogP contribution in [0.4, 0.5) is 0 Å². The number of halogens is 1. The smallest absolute Gasteiger partial charge is 0.308 e. The molecule has 0 unspecified atom stereocenters. The van der Waals surface area contributed by atoms with Gasteiger partial charge in [-0.15, -0.1) is 0 Å². The minimum atomic E-state index is -0.757. The van der Waals surface area contributed by atoms with Crippen LogP contribution in [-0.4, -0.2) is 17.7 Å². The molecule has 0 fully saturated rings. The van der Waals surface area contributed by atoms with E-state index in [4.69, 9.17) is 9.84 Å². The van der Waals surface area contributed by atoms with Crippen LogP contribution in [0.3, 0.4) is 0 Å². The highest BCUT2D eigenvalue weighted by Crippen LogP contribution is 2.26. The van der Waals surface area contributed by atoms with Gasteiger partial charge in [-0.3, -0.25) is 4.79 Å². The van der Waals surface area contributed by atoms with Gasteiger partial charge in [-0.05, 0) is 45.0 Å². The normalized spacial score (nSPS) is 12.9. The zero-order valence-electron chi connectivity index (χ0n) is 10.7. The largest absolute Gasteiger partial charge is 0.489 e. The zero-order chi connectivity index (χ0) is 13.8. The molecular formula is C14H17BrO3. The average molecular weight is 313 g/mol. The first-order valence-electron chi connectivity index (χ1n) is 5.63. The standard InChI is InChI=1S/C9H7BrO.C5H10O2/c10-8-3-4-9-7(6-8)2-1-5-11-9;1-5(2,3)4(6)7/h1-4,6H,5H2;1-3H3,(H,6,7). The summed E-state index contributed by atoms with van der Waals surface area (Å²) in [4.78, 5) is 10.0. The molecule has 1 N–H and O–H groups in total. The maximum absolute atomic E-state index is 10.0. The van der Waals surface area contributed by atoms with E-state index in [2.05, 4.69) is 22.0 Å². The Hall–Kier alpha value is -1.29. The molecule has 98 valence electrons. The zero-order valence-corrected chi connectivity index (χ0v) is 12.3. The molecule has 0 amide bonds. The second-order valence-corrected chi connectivity index (χ2v) is 5.87. The van der Waals surface area contributed by atoms with Crippen molar-refractivity contribution in [3.05, 3.63) is 34.3 Å². The molecule has 1 aromatic rings. The van der Waals surface area contributed by atoms with Gasteiger partial charge in [0, 0.05) is 10.0 Å². The van der Waals surface area contributed by atoms with Gasteiger partial charge in [0.05, 0.1) is 5.41 Å². The molecule has 1 aliphatic rings. The fourth-order valence-corrected chi connectivity index (χ4v) is 1.47. The fraction of sp³-hybridized carbons (Fsp3) is 0.357. The van der Waals surface area contributed by atoms with Crippen LogP contribution in [0.2, 0.25) is 0 Å². The highest BCUT2D eigenvalue weighted by Gasteiger charge is 2.18. The van der Waals surface area contributed by atoms with E-state index in [1.807, 2.05) is 24.3 Å². The third kappa shape index (κ3) is 4.53. The third-order valence-corrected chi connectivity index (χ3v) is 2.74. The molecule has 2 rings (SSSR count). The van der Waals surface area contributed by atoms with Gasteiger partial charge in [-0.2, -0.15) is 0 Å². The third-order valence-electron chi connectivity index (χ3n) is 2.25. The summed E-state index contributed by atoms with van der Waals surface area (Å²) in [7, 11) is 0. The molecule has 1 aliphatic heterocycles. The molecule has 0 atom stereocenters. The number of carboxylic acid groups (broad SMARTS) is 1. The summed E-state index contributed by atoms with van der Waals surface area (Å²) in [5, 5.41) is 8.25. The van der Waals surface area contributed by atoms with Crippen molar-refractivity contribution in [3.63, 3.8) is 0 Å². The molecule has 0 radical (unpaired) electrons. The van der Waals surface area contributed by atoms with Crippen molar-refractivity contribution >= 4 is 28.0 Å². The molecule has 18 heavy (non-hydrogen) atoms. The van der Waals surface area contributed by atoms with Gasteiger partial charge in [0.2, 0.25) is 0 Å². The van der Waals surface area contributed by atoms with Crippen LogP contribution in [0.1, 0.15) is 26.3 Å². The first-order valence-corrected chi connectivity index (χ1v) is 6.42. The number of rotatable bonds is 0. The van der Waals surface area contributed by atoms with E-state index in [0.717, 1.165) is 15.8 Å². The monoisotopic (exact) mass is 312 g/mol. The summed E-state index contributed by atoms with van der Waals surface area (Å²) < 4.78 is 6.46. The van der Waals surface area contributed by atoms with Crippen LogP contribution in [0.5, 0.6) is 5.75 Å². The molecular weight excluding hydrogens is 296 g/mol. The van der Waals surface area contributed by atoms with E-state index in [0.29, 0.717) is 6.61 Å². The van der Waals surface area contributed by atoms with E-state index in [-0.39, 0.29) is 0 Å². The quantitative estimate of drug-likeness (QED) is 0.788. The Morgan fingerprint density at radius 3 is 2.56 bits per heavy atom. The Kier molecular flexibility index (Phi) is 4.96. The topological polar surface area (TPSA) is 46.5 Å². The van der Waals surface area contributed by atoms with Crippen molar-refractivity contribution in [3.8, 4) is 5.75 Å². The lowest BCUT2D eigenvalue weighted by Crippen LogP contribution is -2.18. The second-order valence-electron chi connectivity index (χ2n) is 4.95. The van der Waals surface area contributed by atoms with Gasteiger partial charge >= 0.3 is 5.97 Å². The van der Waals surface area contributed by atoms with Crippen LogP contribution in [0.15, 0.2) is 28.7 Å². The van der Waals surface area contributed by atoms with Gasteiger partial charge in [0.25, 0.3) is 0 Å². The predicted molar refractivity (Wildman–Crippen MR) is 75.8 cm³/mol. The van der Waals surface area contributed by atoms with Gasteiger partial charge in [-0.1, -0.05) is 22.0 Å². The number of carboxylic acids is 1. The Morgan fingerprint density at radius 1 is 1.39 bits per heavy atom. The van der Waals surface area contributed by atoms with E-state index in [9.17, 15) is 4.79 Å². The lowest BCUT2D eigenvalue weighted by Gasteiger charge is -2.11. The predicted octanol–water partition coefficient (Wildman–Crippen LogP) is 3.97. The van der Waals surface area contributed by atoms with Crippen LogP contribution in [0, 0.1) is 5.41 Å². The number of benzene rings is 1. The molecule has 1 heterocycles. The number of fused-ring (bicyclic) bond motifs is 1. The minimum absolute atomic E-state index is 0.583. The van der Waals surface area contributed by atoms with Crippen molar-refractivity contribution in [2.75, 3.05) is 6.61 Å². The van der Waals surface area contributed by atoms with Crippen molar-refractivity contribution in [1.82, 2.24) is 0 Å². The van der Waals surface area contributed by atoms with E-state index in [1.165, 1.54) is 0 Å². The molecule has 4 heteroatoms. The minimum Gasteiger partial charge on any atom is -0.489 e. The molecule has 3 nitrogen and oxygen atoms in total. The highest BCUT2D eigenvalue weighted by atomic mass is 79.9. The fourth-order valence-electron chi connectivity index (χ4n) is 1.09. The van der Waals surface area contributed by atoms with Crippen LogP contribution in [0.25, 0.3) is 6.08 Å². The SMILES string of the molecule is Brc1ccc2c(c1)C=CCO2.CC(C)(C)C(=O)O. The highest BCUT2D eigenvalue weighted by molar-refractivity contribution is 9.10. The van der Waals surface area contributed by atoms with E-state index in [1.54, 1.807) is 20.8 Å². The summed E-state index contributed by atoms with van der Waals surface area (Å²) in [6, 6.07) is 6.01. The van der Waals surface area contributed by atoms with Crippen LogP contribution < -0.4 is 4.74 Å². The Balaban J connectivity index is 0.000000203. The summed E-state index contributed by atoms with van der Waals surface area (Å²) in [5.74, 6) is 0.211. The summed E-state index contributed by atoms with van der Waals surface area (Å²) >= 11 is 3.40. The first kappa shape index (κ1) is 14.8. The van der Waals surface area contributed by atoms with Crippen molar-refractivity contribution in [1.29, 1.82) is 0 Å². The Bertz CT molecular complexity index is 459. The average Bonchev–Trinajstić information content (AvgIpc) is 2.28. The maximum Gasteiger partial charge on any atom is 0.308 e. The van der Waals surface area contributed by atoms with E-state index >= 15 is 0 Å². The van der Waals surface area contributed by atoms with Gasteiger partial charge in [0.1, 0.15) is 12.4 Å². The second kappa shape index (κ2) is 6.05.